The molecule has 41 heavy (non-hydrogen) atoms. The zero-order valence-electron chi connectivity index (χ0n) is 22.1. The molecule has 1 aromatic carbocycles. The third-order valence-corrected chi connectivity index (χ3v) is 8.64. The fourth-order valence-corrected chi connectivity index (χ4v) is 6.93. The average molecular weight is 560 g/mol. The lowest BCUT2D eigenvalue weighted by Gasteiger charge is -2.44. The van der Waals surface area contributed by atoms with E-state index >= 15 is 4.39 Å². The lowest BCUT2D eigenvalue weighted by Crippen LogP contribution is -2.57. The summed E-state index contributed by atoms with van der Waals surface area (Å²) in [5.74, 6) is -1.36. The fraction of sp³-hybridized carbons (Fsp3) is 0.345. The average Bonchev–Trinajstić information content (AvgIpc) is 3.44. The van der Waals surface area contributed by atoms with Crippen LogP contribution in [0.2, 0.25) is 0 Å². The Labute approximate surface area is 232 Å². The molecular weight excluding hydrogens is 535 g/mol. The van der Waals surface area contributed by atoms with Gasteiger partial charge in [0.1, 0.15) is 17.9 Å². The third kappa shape index (κ3) is 3.65. The summed E-state index contributed by atoms with van der Waals surface area (Å²) < 4.78 is 48.5. The highest BCUT2D eigenvalue weighted by atomic mass is 19.3. The number of alkyl halides is 2. The second-order valence-corrected chi connectivity index (χ2v) is 11.4. The number of pyridine rings is 1. The van der Waals surface area contributed by atoms with Crippen molar-refractivity contribution in [1.29, 1.82) is 0 Å². The molecule has 2 N–H and O–H groups in total. The van der Waals surface area contributed by atoms with Crippen LogP contribution in [0.1, 0.15) is 71.0 Å². The van der Waals surface area contributed by atoms with Crippen molar-refractivity contribution < 1.29 is 22.7 Å². The highest BCUT2D eigenvalue weighted by Crippen LogP contribution is 2.54. The zero-order valence-corrected chi connectivity index (χ0v) is 22.1. The topological polar surface area (TPSA) is 103 Å². The van der Waals surface area contributed by atoms with E-state index in [9.17, 15) is 13.6 Å². The zero-order chi connectivity index (χ0) is 28.8. The Morgan fingerprint density at radius 1 is 1.22 bits per heavy atom. The van der Waals surface area contributed by atoms with Crippen molar-refractivity contribution in [3.8, 4) is 17.0 Å². The Morgan fingerprint density at radius 3 is 2.71 bits per heavy atom. The van der Waals surface area contributed by atoms with Gasteiger partial charge in [-0.25, -0.2) is 20.5 Å². The first-order chi connectivity index (χ1) is 19.5. The van der Waals surface area contributed by atoms with Gasteiger partial charge in [-0.15, -0.1) is 0 Å². The van der Waals surface area contributed by atoms with Crippen LogP contribution in [-0.4, -0.2) is 49.6 Å². The standard InChI is InChI=1S/C29H24F3N7O2/c1-28(34-2)11-29(33,12-28)25-17(30)7-14(10-35-25)18-9-19-23-16-8-20(24(23)37-39(19)13-36-18)38(3)26(40)15-5-4-6-21(22(15)16)41-27(31)32/h4-7,9-10,13,16,20,27H,8,11-12,33H2,1,3H3/t16-,20-,28?,29?/m1/s1. The molecule has 4 heterocycles. The first-order valence-electron chi connectivity index (χ1n) is 13.1. The van der Waals surface area contributed by atoms with Gasteiger partial charge in [0.15, 0.2) is 0 Å². The lowest BCUT2D eigenvalue weighted by molar-refractivity contribution is -0.0505. The van der Waals surface area contributed by atoms with E-state index in [0.717, 1.165) is 5.56 Å². The van der Waals surface area contributed by atoms with E-state index < -0.39 is 29.4 Å². The molecule has 0 radical (unpaired) electrons. The van der Waals surface area contributed by atoms with Crippen molar-refractivity contribution in [2.24, 2.45) is 5.73 Å². The van der Waals surface area contributed by atoms with Gasteiger partial charge in [-0.3, -0.25) is 9.78 Å². The van der Waals surface area contributed by atoms with Crippen LogP contribution in [0.3, 0.4) is 0 Å². The van der Waals surface area contributed by atoms with E-state index in [0.29, 0.717) is 52.9 Å². The fourth-order valence-electron chi connectivity index (χ4n) is 6.93. The molecule has 3 aliphatic rings. The molecule has 1 aliphatic heterocycles. The molecule has 0 spiro atoms. The van der Waals surface area contributed by atoms with E-state index in [1.165, 1.54) is 30.7 Å². The van der Waals surface area contributed by atoms with Crippen molar-refractivity contribution in [2.75, 3.05) is 7.05 Å². The maximum atomic E-state index is 15.3. The molecule has 208 valence electrons. The molecule has 12 heteroatoms. The number of fused-ring (bicyclic) bond motifs is 9. The highest BCUT2D eigenvalue weighted by molar-refractivity contribution is 5.98. The van der Waals surface area contributed by atoms with Gasteiger partial charge < -0.3 is 20.2 Å². The molecule has 1 fully saturated rings. The molecular formula is C29H24F3N7O2. The van der Waals surface area contributed by atoms with Crippen LogP contribution < -0.4 is 10.5 Å². The third-order valence-electron chi connectivity index (χ3n) is 8.64. The van der Waals surface area contributed by atoms with E-state index in [1.54, 1.807) is 35.5 Å². The predicted molar refractivity (Wildman–Crippen MR) is 141 cm³/mol. The van der Waals surface area contributed by atoms with Gasteiger partial charge in [-0.2, -0.15) is 13.9 Å². The number of aromatic nitrogens is 4. The van der Waals surface area contributed by atoms with E-state index in [1.807, 2.05) is 0 Å². The Balaban J connectivity index is 1.33. The van der Waals surface area contributed by atoms with E-state index in [-0.39, 0.29) is 23.4 Å². The summed E-state index contributed by atoms with van der Waals surface area (Å²) in [7, 11) is 1.67. The summed E-state index contributed by atoms with van der Waals surface area (Å²) >= 11 is 0. The first-order valence-corrected chi connectivity index (χ1v) is 13.1. The number of nitrogens with zero attached hydrogens (tertiary/aromatic N) is 6. The Hall–Kier alpha value is -4.50. The number of amides is 1. The summed E-state index contributed by atoms with van der Waals surface area (Å²) in [5, 5.41) is 4.71. The lowest BCUT2D eigenvalue weighted by atomic mass is 9.63. The number of hydrogen-bond donors (Lipinski definition) is 1. The molecule has 2 bridgehead atoms. The van der Waals surface area contributed by atoms with E-state index in [4.69, 9.17) is 22.1 Å². The van der Waals surface area contributed by atoms with Gasteiger partial charge in [-0.05, 0) is 30.7 Å². The second-order valence-electron chi connectivity index (χ2n) is 11.4. The van der Waals surface area contributed by atoms with Crippen molar-refractivity contribution in [3.63, 3.8) is 0 Å². The minimum absolute atomic E-state index is 0.0470. The van der Waals surface area contributed by atoms with Crippen LogP contribution in [0.15, 0.2) is 42.9 Å². The predicted octanol–water partition coefficient (Wildman–Crippen LogP) is 4.82. The molecule has 0 unspecified atom stereocenters. The highest BCUT2D eigenvalue weighted by Gasteiger charge is 2.58. The molecule has 2 atom stereocenters. The monoisotopic (exact) mass is 559 g/mol. The largest absolute Gasteiger partial charge is 0.434 e. The minimum atomic E-state index is -3.05. The van der Waals surface area contributed by atoms with Crippen LogP contribution in [0.4, 0.5) is 13.2 Å². The molecule has 1 amide bonds. The number of carbonyl (C=O) groups is 1. The number of hydrogen-bond acceptors (Lipinski definition) is 6. The maximum Gasteiger partial charge on any atom is 0.387 e. The summed E-state index contributed by atoms with van der Waals surface area (Å²) in [4.78, 5) is 27.3. The maximum absolute atomic E-state index is 15.3. The van der Waals surface area contributed by atoms with Crippen LogP contribution in [0, 0.1) is 12.4 Å². The minimum Gasteiger partial charge on any atom is -0.434 e. The summed E-state index contributed by atoms with van der Waals surface area (Å²) in [5.41, 5.74) is 8.54. The quantitative estimate of drug-likeness (QED) is 0.360. The molecule has 3 aromatic heterocycles. The second kappa shape index (κ2) is 8.50. The van der Waals surface area contributed by atoms with Crippen LogP contribution >= 0.6 is 0 Å². The number of rotatable bonds is 4. The number of ether oxygens (including phenoxy) is 1. The van der Waals surface area contributed by atoms with Crippen molar-refractivity contribution in [3.05, 3.63) is 88.2 Å². The molecule has 9 nitrogen and oxygen atoms in total. The molecule has 4 aromatic rings. The van der Waals surface area contributed by atoms with Crippen molar-refractivity contribution >= 4 is 11.4 Å². The Bertz CT molecular complexity index is 1810. The summed E-state index contributed by atoms with van der Waals surface area (Å²) in [6, 6.07) is 7.31. The van der Waals surface area contributed by atoms with Crippen molar-refractivity contribution in [1.82, 2.24) is 24.5 Å². The van der Waals surface area contributed by atoms with Gasteiger partial charge in [0.2, 0.25) is 5.54 Å². The van der Waals surface area contributed by atoms with Gasteiger partial charge >= 0.3 is 6.61 Å². The Kier molecular flexibility index (Phi) is 5.28. The smallest absolute Gasteiger partial charge is 0.387 e. The van der Waals surface area contributed by atoms with Crippen LogP contribution in [0.5, 0.6) is 5.75 Å². The van der Waals surface area contributed by atoms with Crippen molar-refractivity contribution in [2.45, 2.75) is 55.8 Å². The Morgan fingerprint density at radius 2 is 2.00 bits per heavy atom. The number of nitrogens with two attached hydrogens (primary N) is 1. The van der Waals surface area contributed by atoms with E-state index in [2.05, 4.69) is 14.8 Å². The van der Waals surface area contributed by atoms with Gasteiger partial charge in [-0.1, -0.05) is 6.07 Å². The summed E-state index contributed by atoms with van der Waals surface area (Å²) in [6.07, 6.45) is 4.10. The first kappa shape index (κ1) is 25.5. The molecule has 2 aliphatic carbocycles. The molecule has 0 saturated heterocycles. The van der Waals surface area contributed by atoms with Crippen LogP contribution in [0.25, 0.3) is 21.6 Å². The van der Waals surface area contributed by atoms with Gasteiger partial charge in [0.05, 0.1) is 34.2 Å². The number of benzene rings is 1. The number of carbonyl (C=O) groups excluding carboxylic acids is 1. The van der Waals surface area contributed by atoms with Gasteiger partial charge in [0.25, 0.3) is 5.91 Å². The normalized spacial score (nSPS) is 26.4. The number of halogens is 3. The molecule has 7 rings (SSSR count). The summed E-state index contributed by atoms with van der Waals surface area (Å²) in [6.45, 7) is 6.09. The van der Waals surface area contributed by atoms with Gasteiger partial charge in [0, 0.05) is 61.2 Å². The SMILES string of the molecule is [C-]#[N+]C1(C)CC(N)(c2ncc(-c3cc4c5c(nn4cn3)[C@H]3C[C@@H]5c4c(OC(F)F)cccc4C(=O)N3C)cc2F)C1. The van der Waals surface area contributed by atoms with Crippen LogP contribution in [-0.2, 0) is 5.54 Å². The molecule has 1 saturated carbocycles.